The van der Waals surface area contributed by atoms with Crippen molar-refractivity contribution in [3.63, 3.8) is 0 Å². The van der Waals surface area contributed by atoms with Crippen molar-refractivity contribution in [3.8, 4) is 0 Å². The lowest BCUT2D eigenvalue weighted by molar-refractivity contribution is 0.0753. The molecule has 0 bridgehead atoms. The van der Waals surface area contributed by atoms with E-state index < -0.39 is 6.10 Å². The van der Waals surface area contributed by atoms with Gasteiger partial charge in [0.25, 0.3) is 5.91 Å². The summed E-state index contributed by atoms with van der Waals surface area (Å²) in [4.78, 5) is 13.9. The molecule has 5 heteroatoms. The first kappa shape index (κ1) is 12.0. The summed E-state index contributed by atoms with van der Waals surface area (Å²) in [5.41, 5.74) is 6.94. The Morgan fingerprint density at radius 2 is 2.29 bits per heavy atom. The lowest BCUT2D eigenvalue weighted by atomic mass is 10.3. The maximum atomic E-state index is 12.3. The zero-order valence-corrected chi connectivity index (χ0v) is 10.3. The van der Waals surface area contributed by atoms with E-state index in [1.54, 1.807) is 17.2 Å². The normalized spacial score (nSPS) is 20.2. The zero-order valence-electron chi connectivity index (χ0n) is 10.3. The van der Waals surface area contributed by atoms with E-state index in [2.05, 4.69) is 0 Å². The fraction of sp³-hybridized carbons (Fsp3) is 0.583. The molecule has 1 aromatic rings. The summed E-state index contributed by atoms with van der Waals surface area (Å²) in [5, 5.41) is 9.45. The third kappa shape index (κ3) is 2.29. The Hall–Kier alpha value is -1.49. The van der Waals surface area contributed by atoms with E-state index in [1.165, 1.54) is 0 Å². The second-order valence-corrected chi connectivity index (χ2v) is 4.85. The van der Waals surface area contributed by atoms with Crippen LogP contribution in [0.25, 0.3) is 0 Å². The van der Waals surface area contributed by atoms with Crippen LogP contribution in [0.5, 0.6) is 0 Å². The van der Waals surface area contributed by atoms with E-state index >= 15 is 0 Å². The Kier molecular flexibility index (Phi) is 3.11. The lowest BCUT2D eigenvalue weighted by Gasteiger charge is -2.18. The van der Waals surface area contributed by atoms with Crippen molar-refractivity contribution in [2.24, 2.45) is 0 Å². The molecule has 94 valence electrons. The minimum Gasteiger partial charge on any atom is -0.397 e. The summed E-state index contributed by atoms with van der Waals surface area (Å²) >= 11 is 0. The Bertz CT molecular complexity index is 425. The number of hydrogen-bond acceptors (Lipinski definition) is 3. The molecule has 1 unspecified atom stereocenters. The molecule has 2 heterocycles. The maximum Gasteiger partial charge on any atom is 0.270 e. The highest BCUT2D eigenvalue weighted by atomic mass is 16.3. The molecule has 1 aromatic heterocycles. The molecule has 1 amide bonds. The molecular formula is C12H19N3O2. The van der Waals surface area contributed by atoms with Gasteiger partial charge in [-0.3, -0.25) is 4.79 Å². The number of nitrogens with two attached hydrogens (primary N) is 1. The maximum absolute atomic E-state index is 12.3. The molecule has 0 aromatic carbocycles. The number of carbonyl (C=O) groups is 1. The molecule has 1 fully saturated rings. The fourth-order valence-corrected chi connectivity index (χ4v) is 2.19. The van der Waals surface area contributed by atoms with Crippen LogP contribution in [0.4, 0.5) is 5.69 Å². The number of likely N-dealkylation sites (tertiary alicyclic amines) is 1. The molecule has 5 nitrogen and oxygen atoms in total. The molecular weight excluding hydrogens is 218 g/mol. The van der Waals surface area contributed by atoms with E-state index in [4.69, 9.17) is 5.73 Å². The van der Waals surface area contributed by atoms with Gasteiger partial charge in [0.1, 0.15) is 5.69 Å². The summed E-state index contributed by atoms with van der Waals surface area (Å²) in [5.74, 6) is -0.0491. The predicted molar refractivity (Wildman–Crippen MR) is 65.8 cm³/mol. The fourth-order valence-electron chi connectivity index (χ4n) is 2.19. The number of aliphatic hydroxyl groups excluding tert-OH is 1. The molecule has 1 saturated heterocycles. The Balaban J connectivity index is 2.24. The number of hydrogen-bond donors (Lipinski definition) is 2. The monoisotopic (exact) mass is 237 g/mol. The van der Waals surface area contributed by atoms with Gasteiger partial charge in [0.2, 0.25) is 0 Å². The van der Waals surface area contributed by atoms with Gasteiger partial charge in [-0.25, -0.2) is 0 Å². The first-order chi connectivity index (χ1) is 7.99. The predicted octanol–water partition coefficient (Wildman–Crippen LogP) is 0.858. The quantitative estimate of drug-likeness (QED) is 0.801. The minimum absolute atomic E-state index is 0.0491. The van der Waals surface area contributed by atoms with E-state index in [1.807, 2.05) is 18.4 Å². The van der Waals surface area contributed by atoms with Gasteiger partial charge in [-0.15, -0.1) is 0 Å². The third-order valence-electron chi connectivity index (χ3n) is 3.10. The number of β-amino-alcohol motifs (C(OH)–C–C–N with tert-alkyl or cyclic N) is 1. The van der Waals surface area contributed by atoms with Crippen LogP contribution in [-0.4, -0.2) is 39.7 Å². The number of anilines is 1. The number of carbonyl (C=O) groups excluding carboxylic acids is 1. The van der Waals surface area contributed by atoms with Gasteiger partial charge in [-0.1, -0.05) is 0 Å². The van der Waals surface area contributed by atoms with Crippen molar-refractivity contribution in [3.05, 3.63) is 18.0 Å². The van der Waals surface area contributed by atoms with Gasteiger partial charge in [-0.05, 0) is 26.3 Å². The van der Waals surface area contributed by atoms with Crippen molar-refractivity contribution < 1.29 is 9.90 Å². The number of amides is 1. The summed E-state index contributed by atoms with van der Waals surface area (Å²) in [7, 11) is 0. The molecule has 1 atom stereocenters. The van der Waals surface area contributed by atoms with Crippen LogP contribution in [0, 0.1) is 0 Å². The smallest absolute Gasteiger partial charge is 0.270 e. The highest BCUT2D eigenvalue weighted by Crippen LogP contribution is 2.20. The molecule has 17 heavy (non-hydrogen) atoms. The SMILES string of the molecule is CC(C)n1cc(N)cc1C(=O)N1CCC(O)C1. The molecule has 0 spiro atoms. The Morgan fingerprint density at radius 3 is 2.82 bits per heavy atom. The highest BCUT2D eigenvalue weighted by molar-refractivity contribution is 5.94. The van der Waals surface area contributed by atoms with E-state index in [0.717, 1.165) is 0 Å². The van der Waals surface area contributed by atoms with Gasteiger partial charge >= 0.3 is 0 Å². The topological polar surface area (TPSA) is 71.5 Å². The first-order valence-corrected chi connectivity index (χ1v) is 5.93. The average Bonchev–Trinajstić information content (AvgIpc) is 2.83. The Labute approximate surface area is 101 Å². The average molecular weight is 237 g/mol. The van der Waals surface area contributed by atoms with Gasteiger partial charge < -0.3 is 20.3 Å². The highest BCUT2D eigenvalue weighted by Gasteiger charge is 2.27. The van der Waals surface area contributed by atoms with E-state index in [-0.39, 0.29) is 11.9 Å². The van der Waals surface area contributed by atoms with Crippen molar-refractivity contribution in [2.45, 2.75) is 32.4 Å². The second kappa shape index (κ2) is 4.41. The van der Waals surface area contributed by atoms with E-state index in [0.29, 0.717) is 30.9 Å². The minimum atomic E-state index is -0.390. The van der Waals surface area contributed by atoms with Crippen LogP contribution in [0.15, 0.2) is 12.3 Å². The summed E-state index contributed by atoms with van der Waals surface area (Å²) in [6.07, 6.45) is 2.05. The lowest BCUT2D eigenvalue weighted by Crippen LogP contribution is -2.31. The van der Waals surface area contributed by atoms with Gasteiger partial charge in [0, 0.05) is 25.3 Å². The summed E-state index contributed by atoms with van der Waals surface area (Å²) in [6.45, 7) is 5.05. The first-order valence-electron chi connectivity index (χ1n) is 5.93. The molecule has 0 radical (unpaired) electrons. The molecule has 1 aliphatic heterocycles. The van der Waals surface area contributed by atoms with Crippen molar-refractivity contribution in [2.75, 3.05) is 18.8 Å². The molecule has 0 aliphatic carbocycles. The third-order valence-corrected chi connectivity index (χ3v) is 3.10. The van der Waals surface area contributed by atoms with Crippen LogP contribution in [0.2, 0.25) is 0 Å². The number of nitrogen functional groups attached to an aromatic ring is 1. The number of aromatic nitrogens is 1. The zero-order chi connectivity index (χ0) is 12.6. The van der Waals surface area contributed by atoms with Crippen LogP contribution < -0.4 is 5.73 Å². The standard InChI is InChI=1S/C12H19N3O2/c1-8(2)15-6-9(13)5-11(15)12(17)14-4-3-10(16)7-14/h5-6,8,10,16H,3-4,7,13H2,1-2H3. The van der Waals surface area contributed by atoms with Gasteiger partial charge in [0.05, 0.1) is 11.8 Å². The van der Waals surface area contributed by atoms with Gasteiger partial charge in [0.15, 0.2) is 0 Å². The van der Waals surface area contributed by atoms with Gasteiger partial charge in [-0.2, -0.15) is 0 Å². The van der Waals surface area contributed by atoms with Crippen LogP contribution in [0.1, 0.15) is 36.8 Å². The summed E-state index contributed by atoms with van der Waals surface area (Å²) in [6, 6.07) is 1.89. The number of aliphatic hydroxyl groups is 1. The van der Waals surface area contributed by atoms with Crippen LogP contribution in [-0.2, 0) is 0 Å². The van der Waals surface area contributed by atoms with Crippen molar-refractivity contribution in [1.82, 2.24) is 9.47 Å². The summed E-state index contributed by atoms with van der Waals surface area (Å²) < 4.78 is 1.88. The molecule has 1 aliphatic rings. The number of nitrogens with zero attached hydrogens (tertiary/aromatic N) is 2. The molecule has 2 rings (SSSR count). The van der Waals surface area contributed by atoms with Crippen molar-refractivity contribution in [1.29, 1.82) is 0 Å². The van der Waals surface area contributed by atoms with Crippen LogP contribution in [0.3, 0.4) is 0 Å². The van der Waals surface area contributed by atoms with E-state index in [9.17, 15) is 9.90 Å². The molecule has 3 N–H and O–H groups in total. The number of rotatable bonds is 2. The largest absolute Gasteiger partial charge is 0.397 e. The van der Waals surface area contributed by atoms with Crippen LogP contribution >= 0.6 is 0 Å². The van der Waals surface area contributed by atoms with Crippen molar-refractivity contribution >= 4 is 11.6 Å². The second-order valence-electron chi connectivity index (χ2n) is 4.85. The Morgan fingerprint density at radius 1 is 1.59 bits per heavy atom. The molecule has 0 saturated carbocycles.